The fraction of sp³-hybridized carbons (Fsp3) is 0.200. The first-order valence-corrected chi connectivity index (χ1v) is 7.79. The SMILES string of the molecule is COc1ccc(CNS(=O)(=O)c2cc(F)ccc2C)cc1. The summed E-state index contributed by atoms with van der Waals surface area (Å²) in [5, 5.41) is 0. The Kier molecular flexibility index (Phi) is 4.59. The van der Waals surface area contributed by atoms with E-state index in [0.29, 0.717) is 11.3 Å². The smallest absolute Gasteiger partial charge is 0.241 e. The van der Waals surface area contributed by atoms with E-state index in [1.807, 2.05) is 0 Å². The van der Waals surface area contributed by atoms with Gasteiger partial charge in [-0.3, -0.25) is 0 Å². The zero-order valence-corrected chi connectivity index (χ0v) is 12.6. The maximum Gasteiger partial charge on any atom is 0.241 e. The van der Waals surface area contributed by atoms with E-state index < -0.39 is 15.8 Å². The molecule has 2 aromatic rings. The van der Waals surface area contributed by atoms with E-state index in [1.165, 1.54) is 12.1 Å². The van der Waals surface area contributed by atoms with Gasteiger partial charge in [0.05, 0.1) is 12.0 Å². The van der Waals surface area contributed by atoms with Gasteiger partial charge in [0, 0.05) is 6.54 Å². The van der Waals surface area contributed by atoms with Crippen molar-refractivity contribution < 1.29 is 17.5 Å². The Morgan fingerprint density at radius 1 is 1.14 bits per heavy atom. The van der Waals surface area contributed by atoms with E-state index in [9.17, 15) is 12.8 Å². The van der Waals surface area contributed by atoms with Crippen LogP contribution in [0, 0.1) is 12.7 Å². The first-order chi connectivity index (χ1) is 9.92. The van der Waals surface area contributed by atoms with E-state index in [2.05, 4.69) is 4.72 Å². The third-order valence-corrected chi connectivity index (χ3v) is 4.61. The minimum atomic E-state index is -3.75. The number of hydrogen-bond acceptors (Lipinski definition) is 3. The third kappa shape index (κ3) is 3.80. The predicted octanol–water partition coefficient (Wildman–Crippen LogP) is 2.62. The molecule has 0 spiro atoms. The third-order valence-electron chi connectivity index (χ3n) is 3.07. The van der Waals surface area contributed by atoms with Gasteiger partial charge in [-0.15, -0.1) is 0 Å². The summed E-state index contributed by atoms with van der Waals surface area (Å²) in [6.07, 6.45) is 0. The minimum absolute atomic E-state index is 0.0454. The molecule has 0 bridgehead atoms. The van der Waals surface area contributed by atoms with Crippen molar-refractivity contribution in [1.29, 1.82) is 0 Å². The van der Waals surface area contributed by atoms with Gasteiger partial charge < -0.3 is 4.74 Å². The van der Waals surface area contributed by atoms with Crippen molar-refractivity contribution in [2.75, 3.05) is 7.11 Å². The lowest BCUT2D eigenvalue weighted by Crippen LogP contribution is -2.24. The van der Waals surface area contributed by atoms with Crippen molar-refractivity contribution in [3.05, 3.63) is 59.4 Å². The van der Waals surface area contributed by atoms with Gasteiger partial charge in [0.1, 0.15) is 11.6 Å². The van der Waals surface area contributed by atoms with Crippen LogP contribution in [-0.2, 0) is 16.6 Å². The van der Waals surface area contributed by atoms with Crippen LogP contribution in [0.25, 0.3) is 0 Å². The Balaban J connectivity index is 2.15. The number of halogens is 1. The second-order valence-electron chi connectivity index (χ2n) is 4.58. The van der Waals surface area contributed by atoms with E-state index in [4.69, 9.17) is 4.74 Å². The average molecular weight is 309 g/mol. The van der Waals surface area contributed by atoms with E-state index in [0.717, 1.165) is 11.6 Å². The van der Waals surface area contributed by atoms with Crippen molar-refractivity contribution in [2.24, 2.45) is 0 Å². The zero-order valence-electron chi connectivity index (χ0n) is 11.8. The van der Waals surface area contributed by atoms with Crippen LogP contribution in [0.3, 0.4) is 0 Å². The largest absolute Gasteiger partial charge is 0.497 e. The van der Waals surface area contributed by atoms with Gasteiger partial charge in [-0.2, -0.15) is 0 Å². The van der Waals surface area contributed by atoms with Crippen molar-refractivity contribution >= 4 is 10.0 Å². The Morgan fingerprint density at radius 3 is 2.43 bits per heavy atom. The standard InChI is InChI=1S/C15H16FNO3S/c1-11-3-6-13(16)9-15(11)21(18,19)17-10-12-4-7-14(20-2)8-5-12/h3-9,17H,10H2,1-2H3. The van der Waals surface area contributed by atoms with Crippen molar-refractivity contribution in [3.8, 4) is 5.75 Å². The Hall–Kier alpha value is -1.92. The van der Waals surface area contributed by atoms with Gasteiger partial charge in [-0.25, -0.2) is 17.5 Å². The highest BCUT2D eigenvalue weighted by atomic mass is 32.2. The lowest BCUT2D eigenvalue weighted by molar-refractivity contribution is 0.414. The maximum absolute atomic E-state index is 13.2. The molecule has 2 aromatic carbocycles. The fourth-order valence-corrected chi connectivity index (χ4v) is 3.13. The highest BCUT2D eigenvalue weighted by molar-refractivity contribution is 7.89. The van der Waals surface area contributed by atoms with Crippen LogP contribution in [0.4, 0.5) is 4.39 Å². The van der Waals surface area contributed by atoms with Crippen LogP contribution >= 0.6 is 0 Å². The van der Waals surface area contributed by atoms with Crippen LogP contribution in [0.15, 0.2) is 47.4 Å². The number of ether oxygens (including phenoxy) is 1. The molecule has 21 heavy (non-hydrogen) atoms. The minimum Gasteiger partial charge on any atom is -0.497 e. The fourth-order valence-electron chi connectivity index (χ4n) is 1.86. The molecule has 0 fully saturated rings. The lowest BCUT2D eigenvalue weighted by Gasteiger charge is -2.10. The molecule has 4 nitrogen and oxygen atoms in total. The van der Waals surface area contributed by atoms with Gasteiger partial charge in [0.15, 0.2) is 0 Å². The highest BCUT2D eigenvalue weighted by Gasteiger charge is 2.17. The predicted molar refractivity (Wildman–Crippen MR) is 78.2 cm³/mol. The Labute approximate surface area is 123 Å². The van der Waals surface area contributed by atoms with Crippen LogP contribution in [0.5, 0.6) is 5.75 Å². The molecular weight excluding hydrogens is 293 g/mol. The molecule has 2 rings (SSSR count). The van der Waals surface area contributed by atoms with Crippen LogP contribution in [0.1, 0.15) is 11.1 Å². The number of aryl methyl sites for hydroxylation is 1. The number of methoxy groups -OCH3 is 1. The van der Waals surface area contributed by atoms with Gasteiger partial charge in [0.25, 0.3) is 0 Å². The molecule has 0 amide bonds. The summed E-state index contributed by atoms with van der Waals surface area (Å²) in [7, 11) is -2.19. The second-order valence-corrected chi connectivity index (χ2v) is 6.32. The molecule has 0 heterocycles. The lowest BCUT2D eigenvalue weighted by atomic mass is 10.2. The molecule has 0 aliphatic rings. The van der Waals surface area contributed by atoms with Crippen LogP contribution in [-0.4, -0.2) is 15.5 Å². The van der Waals surface area contributed by atoms with Crippen molar-refractivity contribution in [2.45, 2.75) is 18.4 Å². The maximum atomic E-state index is 13.2. The van der Waals surface area contributed by atoms with E-state index in [-0.39, 0.29) is 11.4 Å². The topological polar surface area (TPSA) is 55.4 Å². The number of rotatable bonds is 5. The molecule has 0 atom stereocenters. The van der Waals surface area contributed by atoms with Gasteiger partial charge in [-0.05, 0) is 42.3 Å². The molecule has 0 aliphatic heterocycles. The molecule has 0 saturated heterocycles. The van der Waals surface area contributed by atoms with Crippen LogP contribution < -0.4 is 9.46 Å². The molecule has 0 aromatic heterocycles. The Morgan fingerprint density at radius 2 is 1.81 bits per heavy atom. The summed E-state index contributed by atoms with van der Waals surface area (Å²) in [6, 6.07) is 10.7. The van der Waals surface area contributed by atoms with E-state index >= 15 is 0 Å². The molecule has 1 N–H and O–H groups in total. The first kappa shape index (κ1) is 15.5. The first-order valence-electron chi connectivity index (χ1n) is 6.31. The number of sulfonamides is 1. The van der Waals surface area contributed by atoms with Crippen LogP contribution in [0.2, 0.25) is 0 Å². The summed E-state index contributed by atoms with van der Waals surface area (Å²) in [5.41, 5.74) is 1.28. The molecular formula is C15H16FNO3S. The molecule has 0 unspecified atom stereocenters. The van der Waals surface area contributed by atoms with Gasteiger partial charge in [-0.1, -0.05) is 18.2 Å². The number of nitrogens with one attached hydrogen (secondary N) is 1. The Bertz CT molecular complexity index is 727. The summed E-state index contributed by atoms with van der Waals surface area (Å²) < 4.78 is 45.1. The second kappa shape index (κ2) is 6.24. The summed E-state index contributed by atoms with van der Waals surface area (Å²) in [6.45, 7) is 1.75. The van der Waals surface area contributed by atoms with Crippen molar-refractivity contribution in [1.82, 2.24) is 4.72 Å². The quantitative estimate of drug-likeness (QED) is 0.923. The van der Waals surface area contributed by atoms with Gasteiger partial charge in [0.2, 0.25) is 10.0 Å². The van der Waals surface area contributed by atoms with Gasteiger partial charge >= 0.3 is 0 Å². The number of hydrogen-bond donors (Lipinski definition) is 1. The molecule has 0 aliphatic carbocycles. The summed E-state index contributed by atoms with van der Waals surface area (Å²) in [5.74, 6) is 0.119. The highest BCUT2D eigenvalue weighted by Crippen LogP contribution is 2.17. The molecule has 0 radical (unpaired) electrons. The van der Waals surface area contributed by atoms with E-state index in [1.54, 1.807) is 38.3 Å². The molecule has 112 valence electrons. The monoisotopic (exact) mass is 309 g/mol. The van der Waals surface area contributed by atoms with Crippen molar-refractivity contribution in [3.63, 3.8) is 0 Å². The zero-order chi connectivity index (χ0) is 15.5. The molecule has 0 saturated carbocycles. The number of benzene rings is 2. The normalized spacial score (nSPS) is 11.4. The summed E-state index contributed by atoms with van der Waals surface area (Å²) >= 11 is 0. The average Bonchev–Trinajstić information content (AvgIpc) is 2.48. The summed E-state index contributed by atoms with van der Waals surface area (Å²) in [4.78, 5) is -0.0454. The molecule has 6 heteroatoms.